The quantitative estimate of drug-likeness (QED) is 0.431. The number of benzene rings is 3. The van der Waals surface area contributed by atoms with Crippen molar-refractivity contribution < 1.29 is 9.59 Å². The summed E-state index contributed by atoms with van der Waals surface area (Å²) >= 11 is 8.00. The molecule has 4 nitrogen and oxygen atoms in total. The molecule has 0 aliphatic carbocycles. The van der Waals surface area contributed by atoms with Gasteiger partial charge in [-0.1, -0.05) is 53.6 Å². The largest absolute Gasteiger partial charge is 0.310 e. The van der Waals surface area contributed by atoms with Crippen LogP contribution in [-0.2, 0) is 16.2 Å². The van der Waals surface area contributed by atoms with Crippen LogP contribution in [-0.4, -0.2) is 28.0 Å². The summed E-state index contributed by atoms with van der Waals surface area (Å²) in [6.45, 7) is 9.12. The van der Waals surface area contributed by atoms with E-state index in [4.69, 9.17) is 11.6 Å². The van der Waals surface area contributed by atoms with E-state index < -0.39 is 4.87 Å². The Kier molecular flexibility index (Phi) is 5.53. The minimum absolute atomic E-state index is 0.0935. The van der Waals surface area contributed by atoms with Crippen molar-refractivity contribution in [3.05, 3.63) is 99.6 Å². The predicted molar refractivity (Wildman–Crippen MR) is 139 cm³/mol. The molecule has 2 heterocycles. The number of amides is 2. The first kappa shape index (κ1) is 23.0. The van der Waals surface area contributed by atoms with Crippen molar-refractivity contribution in [2.24, 2.45) is 0 Å². The summed E-state index contributed by atoms with van der Waals surface area (Å²) in [5.41, 5.74) is 5.46. The van der Waals surface area contributed by atoms with E-state index in [1.54, 1.807) is 16.7 Å². The number of fused-ring (bicyclic) bond motifs is 2. The molecule has 1 spiro atoms. The molecular formula is C28H27ClN2O2S. The average Bonchev–Trinajstić information content (AvgIpc) is 3.21. The fraction of sp³-hybridized carbons (Fsp3) is 0.286. The van der Waals surface area contributed by atoms with E-state index in [1.807, 2.05) is 72.5 Å². The molecule has 1 atom stereocenters. The second kappa shape index (κ2) is 8.17. The summed E-state index contributed by atoms with van der Waals surface area (Å²) in [6, 6.07) is 21.2. The lowest BCUT2D eigenvalue weighted by Gasteiger charge is -2.33. The van der Waals surface area contributed by atoms with E-state index in [-0.39, 0.29) is 16.6 Å². The van der Waals surface area contributed by atoms with Gasteiger partial charge < -0.3 is 9.80 Å². The van der Waals surface area contributed by atoms with E-state index in [9.17, 15) is 9.59 Å². The normalized spacial score (nSPS) is 20.8. The van der Waals surface area contributed by atoms with Crippen LogP contribution in [0.15, 0.2) is 66.7 Å². The zero-order valence-corrected chi connectivity index (χ0v) is 21.3. The first-order chi connectivity index (χ1) is 16.1. The Hall–Kier alpha value is -2.76. The van der Waals surface area contributed by atoms with E-state index in [1.165, 1.54) is 0 Å². The van der Waals surface area contributed by atoms with Gasteiger partial charge in [-0.3, -0.25) is 9.59 Å². The van der Waals surface area contributed by atoms with Crippen LogP contribution in [0, 0.1) is 13.8 Å². The summed E-state index contributed by atoms with van der Waals surface area (Å²) in [5, 5.41) is 0.553. The van der Waals surface area contributed by atoms with Crippen molar-refractivity contribution in [3.8, 4) is 0 Å². The summed E-state index contributed by atoms with van der Waals surface area (Å²) in [4.78, 5) is 30.7. The van der Waals surface area contributed by atoms with Crippen LogP contribution in [0.3, 0.4) is 0 Å². The van der Waals surface area contributed by atoms with Crippen LogP contribution < -0.4 is 4.90 Å². The minimum Gasteiger partial charge on any atom is -0.310 e. The lowest BCUT2D eigenvalue weighted by molar-refractivity contribution is -0.123. The highest BCUT2D eigenvalue weighted by Crippen LogP contribution is 2.60. The Labute approximate surface area is 209 Å². The Bertz CT molecular complexity index is 1300. The molecule has 0 radical (unpaired) electrons. The first-order valence-corrected chi connectivity index (χ1v) is 12.6. The molecule has 0 aromatic heterocycles. The maximum Gasteiger partial charge on any atom is 0.268 e. The smallest absolute Gasteiger partial charge is 0.268 e. The molecule has 2 aliphatic heterocycles. The molecule has 6 heteroatoms. The SMILES string of the molecule is Cc1ccc(C(=O)N2CC(C)(C)S[C@@]23C(=O)N(Cc2ccccc2C)c2ccc(Cl)cc23)cc1. The van der Waals surface area contributed by atoms with Gasteiger partial charge in [0.25, 0.3) is 11.8 Å². The second-order valence-electron chi connectivity index (χ2n) is 9.74. The molecule has 0 saturated carbocycles. The average molecular weight is 491 g/mol. The van der Waals surface area contributed by atoms with Gasteiger partial charge in [0.05, 0.1) is 12.2 Å². The molecule has 2 aliphatic rings. The van der Waals surface area contributed by atoms with Crippen molar-refractivity contribution in [1.82, 2.24) is 4.90 Å². The number of aryl methyl sites for hydroxylation is 2. The summed E-state index contributed by atoms with van der Waals surface area (Å²) in [6.07, 6.45) is 0. The van der Waals surface area contributed by atoms with Crippen LogP contribution in [0.1, 0.15) is 46.5 Å². The van der Waals surface area contributed by atoms with Crippen molar-refractivity contribution >= 4 is 40.9 Å². The number of hydrogen-bond acceptors (Lipinski definition) is 3. The standard InChI is InChI=1S/C28H27ClN2O2S/c1-18-9-11-20(12-10-18)25(32)31-17-27(3,4)34-28(31)23-15-22(29)13-14-24(23)30(26(28)33)16-21-8-6-5-7-19(21)2/h5-15H,16-17H2,1-4H3/t28-/m0/s1. The number of halogens is 1. The number of nitrogens with zero attached hydrogens (tertiary/aromatic N) is 2. The number of carbonyl (C=O) groups is 2. The van der Waals surface area contributed by atoms with Gasteiger partial charge in [0.15, 0.2) is 4.87 Å². The summed E-state index contributed by atoms with van der Waals surface area (Å²) < 4.78 is -0.311. The van der Waals surface area contributed by atoms with Gasteiger partial charge in [-0.2, -0.15) is 0 Å². The fourth-order valence-corrected chi connectivity index (χ4v) is 6.84. The predicted octanol–water partition coefficient (Wildman–Crippen LogP) is 6.32. The van der Waals surface area contributed by atoms with Crippen molar-refractivity contribution in [2.75, 3.05) is 11.4 Å². The molecule has 1 saturated heterocycles. The molecule has 2 amide bonds. The van der Waals surface area contributed by atoms with Crippen LogP contribution in [0.25, 0.3) is 0 Å². The number of thioether (sulfide) groups is 1. The number of anilines is 1. The topological polar surface area (TPSA) is 40.6 Å². The summed E-state index contributed by atoms with van der Waals surface area (Å²) in [5.74, 6) is -0.237. The highest BCUT2D eigenvalue weighted by molar-refractivity contribution is 8.02. The number of rotatable bonds is 3. The van der Waals surface area contributed by atoms with Gasteiger partial charge >= 0.3 is 0 Å². The molecule has 174 valence electrons. The Morgan fingerprint density at radius 3 is 2.44 bits per heavy atom. The molecule has 34 heavy (non-hydrogen) atoms. The van der Waals surface area contributed by atoms with Gasteiger partial charge in [0, 0.05) is 27.4 Å². The van der Waals surface area contributed by atoms with Crippen molar-refractivity contribution in [2.45, 2.75) is 43.9 Å². The maximum atomic E-state index is 14.4. The second-order valence-corrected chi connectivity index (χ2v) is 12.1. The van der Waals surface area contributed by atoms with Gasteiger partial charge in [0.2, 0.25) is 0 Å². The Morgan fingerprint density at radius 2 is 1.74 bits per heavy atom. The molecule has 0 bridgehead atoms. The van der Waals surface area contributed by atoms with E-state index in [2.05, 4.69) is 26.8 Å². The van der Waals surface area contributed by atoms with Gasteiger partial charge in [-0.15, -0.1) is 11.8 Å². The highest BCUT2D eigenvalue weighted by atomic mass is 35.5. The molecule has 3 aromatic rings. The molecule has 0 unspecified atom stereocenters. The van der Waals surface area contributed by atoms with Crippen molar-refractivity contribution in [1.29, 1.82) is 0 Å². The lowest BCUT2D eigenvalue weighted by Crippen LogP contribution is -2.50. The zero-order valence-electron chi connectivity index (χ0n) is 19.8. The Morgan fingerprint density at radius 1 is 1.03 bits per heavy atom. The molecular weight excluding hydrogens is 464 g/mol. The van der Waals surface area contributed by atoms with Crippen molar-refractivity contribution in [3.63, 3.8) is 0 Å². The van der Waals surface area contributed by atoms with Crippen LogP contribution in [0.5, 0.6) is 0 Å². The minimum atomic E-state index is -1.16. The van der Waals surface area contributed by atoms with Gasteiger partial charge in [0.1, 0.15) is 0 Å². The molecule has 0 N–H and O–H groups in total. The Balaban J connectivity index is 1.66. The van der Waals surface area contributed by atoms with E-state index in [0.29, 0.717) is 23.7 Å². The van der Waals surface area contributed by atoms with Crippen LogP contribution in [0.4, 0.5) is 5.69 Å². The monoisotopic (exact) mass is 490 g/mol. The van der Waals surface area contributed by atoms with E-state index >= 15 is 0 Å². The summed E-state index contributed by atoms with van der Waals surface area (Å²) in [7, 11) is 0. The van der Waals surface area contributed by atoms with Gasteiger partial charge in [-0.25, -0.2) is 0 Å². The third-order valence-electron chi connectivity index (χ3n) is 6.63. The number of carbonyl (C=O) groups excluding carboxylic acids is 2. The molecule has 5 rings (SSSR count). The zero-order chi connectivity index (χ0) is 24.3. The van der Waals surface area contributed by atoms with Crippen LogP contribution in [0.2, 0.25) is 5.02 Å². The maximum absolute atomic E-state index is 14.4. The fourth-order valence-electron chi connectivity index (χ4n) is 4.94. The molecule has 3 aromatic carbocycles. The van der Waals surface area contributed by atoms with Gasteiger partial charge in [-0.05, 0) is 69.2 Å². The third-order valence-corrected chi connectivity index (χ3v) is 8.45. The van der Waals surface area contributed by atoms with Crippen LogP contribution >= 0.6 is 23.4 Å². The third kappa shape index (κ3) is 3.62. The highest BCUT2D eigenvalue weighted by Gasteiger charge is 2.63. The molecule has 1 fully saturated rings. The first-order valence-electron chi connectivity index (χ1n) is 11.4. The lowest BCUT2D eigenvalue weighted by atomic mass is 10.0. The number of hydrogen-bond donors (Lipinski definition) is 0. The van der Waals surface area contributed by atoms with E-state index in [0.717, 1.165) is 27.9 Å².